The van der Waals surface area contributed by atoms with Crippen molar-refractivity contribution in [2.24, 2.45) is 0 Å². The number of aryl methyl sites for hydroxylation is 2. The standard InChI is InChI=1S/C46H32N4/c1-29-47-40-19-6-8-21-44(40)49(29)42-23-11-17-35-38(42)28-39-36(18-12-24-43(39)50-30(2)48-41-20-7-9-22-45(41)50)46(35)34-16-10-15-32-25-26-33(27-37(32)34)31-13-4-3-5-14-31/h3-28H,1-2H3. The summed E-state index contributed by atoms with van der Waals surface area (Å²) in [5, 5.41) is 7.20. The van der Waals surface area contributed by atoms with Crippen LogP contribution in [0.4, 0.5) is 0 Å². The van der Waals surface area contributed by atoms with Crippen molar-refractivity contribution in [1.82, 2.24) is 19.1 Å². The Morgan fingerprint density at radius 3 is 1.58 bits per heavy atom. The molecule has 0 bridgehead atoms. The van der Waals surface area contributed by atoms with Crippen LogP contribution in [0.25, 0.3) is 88.0 Å². The molecule has 0 aliphatic heterocycles. The van der Waals surface area contributed by atoms with Crippen molar-refractivity contribution in [2.45, 2.75) is 13.8 Å². The van der Waals surface area contributed by atoms with E-state index in [0.717, 1.165) is 45.1 Å². The summed E-state index contributed by atoms with van der Waals surface area (Å²) in [6.07, 6.45) is 0. The lowest BCUT2D eigenvalue weighted by atomic mass is 9.87. The quantitative estimate of drug-likeness (QED) is 0.179. The normalized spacial score (nSPS) is 11.8. The molecule has 236 valence electrons. The Morgan fingerprint density at radius 1 is 0.400 bits per heavy atom. The molecule has 4 nitrogen and oxygen atoms in total. The van der Waals surface area contributed by atoms with Gasteiger partial charge in [0, 0.05) is 10.8 Å². The second-order valence-corrected chi connectivity index (χ2v) is 13.1. The Bertz CT molecular complexity index is 2810. The van der Waals surface area contributed by atoms with Crippen LogP contribution in [-0.4, -0.2) is 19.1 Å². The van der Waals surface area contributed by atoms with Crippen molar-refractivity contribution in [1.29, 1.82) is 0 Å². The lowest BCUT2D eigenvalue weighted by Gasteiger charge is -2.20. The van der Waals surface area contributed by atoms with Gasteiger partial charge in [-0.3, -0.25) is 9.13 Å². The minimum absolute atomic E-state index is 0.961. The molecular formula is C46H32N4. The van der Waals surface area contributed by atoms with Crippen molar-refractivity contribution >= 4 is 54.4 Å². The molecule has 0 unspecified atom stereocenters. The van der Waals surface area contributed by atoms with Gasteiger partial charge in [0.15, 0.2) is 0 Å². The molecule has 0 saturated carbocycles. The zero-order valence-corrected chi connectivity index (χ0v) is 27.8. The van der Waals surface area contributed by atoms with Gasteiger partial charge in [-0.2, -0.15) is 0 Å². The Kier molecular flexibility index (Phi) is 6.27. The maximum Gasteiger partial charge on any atom is 0.111 e. The van der Waals surface area contributed by atoms with E-state index in [4.69, 9.17) is 9.97 Å². The SMILES string of the molecule is Cc1nc2ccccc2n1-c1cccc2c(-c3cccc4ccc(-c5ccccc5)cc34)c3cccc(-n4c(C)nc5ccccc54)c3cc12. The zero-order chi connectivity index (χ0) is 33.3. The predicted molar refractivity (Wildman–Crippen MR) is 209 cm³/mol. The molecule has 0 aliphatic carbocycles. The molecule has 50 heavy (non-hydrogen) atoms. The fourth-order valence-electron chi connectivity index (χ4n) is 8.02. The highest BCUT2D eigenvalue weighted by atomic mass is 15.1. The van der Waals surface area contributed by atoms with Crippen LogP contribution >= 0.6 is 0 Å². The summed E-state index contributed by atoms with van der Waals surface area (Å²) < 4.78 is 4.62. The van der Waals surface area contributed by atoms with Crippen LogP contribution in [0.15, 0.2) is 158 Å². The molecule has 0 amide bonds. The van der Waals surface area contributed by atoms with Crippen LogP contribution in [-0.2, 0) is 0 Å². The summed E-state index contributed by atoms with van der Waals surface area (Å²) in [6, 6.07) is 56.9. The number of aromatic nitrogens is 4. The van der Waals surface area contributed by atoms with Gasteiger partial charge >= 0.3 is 0 Å². The number of hydrogen-bond acceptors (Lipinski definition) is 2. The number of fused-ring (bicyclic) bond motifs is 5. The monoisotopic (exact) mass is 640 g/mol. The Labute approximate surface area is 289 Å². The first kappa shape index (κ1) is 28.5. The van der Waals surface area contributed by atoms with E-state index in [-0.39, 0.29) is 0 Å². The number of rotatable bonds is 4. The van der Waals surface area contributed by atoms with Crippen molar-refractivity contribution < 1.29 is 0 Å². The average Bonchev–Trinajstić information content (AvgIpc) is 3.68. The van der Waals surface area contributed by atoms with Crippen LogP contribution in [0.5, 0.6) is 0 Å². The van der Waals surface area contributed by atoms with E-state index in [1.807, 2.05) is 0 Å². The third-order valence-electron chi connectivity index (χ3n) is 10.2. The van der Waals surface area contributed by atoms with Gasteiger partial charge < -0.3 is 0 Å². The first-order valence-electron chi connectivity index (χ1n) is 17.1. The molecule has 0 N–H and O–H groups in total. The Hall–Kier alpha value is -6.52. The molecule has 0 fully saturated rings. The minimum Gasteiger partial charge on any atom is -0.296 e. The highest BCUT2D eigenvalue weighted by molar-refractivity contribution is 6.20. The summed E-state index contributed by atoms with van der Waals surface area (Å²) in [6.45, 7) is 4.20. The predicted octanol–water partition coefficient (Wildman–Crippen LogP) is 11.8. The van der Waals surface area contributed by atoms with Crippen LogP contribution in [0.3, 0.4) is 0 Å². The summed E-state index contributed by atoms with van der Waals surface area (Å²) in [5.74, 6) is 1.92. The molecule has 10 rings (SSSR count). The van der Waals surface area contributed by atoms with Gasteiger partial charge in [0.1, 0.15) is 11.6 Å². The van der Waals surface area contributed by atoms with Gasteiger partial charge in [-0.1, -0.05) is 109 Å². The molecular weight excluding hydrogens is 609 g/mol. The topological polar surface area (TPSA) is 35.6 Å². The fraction of sp³-hybridized carbons (Fsp3) is 0.0435. The molecule has 0 spiro atoms. The van der Waals surface area contributed by atoms with Crippen molar-refractivity contribution in [3.8, 4) is 33.6 Å². The first-order chi connectivity index (χ1) is 24.6. The molecule has 8 aromatic carbocycles. The van der Waals surface area contributed by atoms with Crippen molar-refractivity contribution in [2.75, 3.05) is 0 Å². The molecule has 0 atom stereocenters. The number of benzene rings is 8. The molecule has 2 heterocycles. The second kappa shape index (κ2) is 11.0. The van der Waals surface area contributed by atoms with Gasteiger partial charge in [0.25, 0.3) is 0 Å². The van der Waals surface area contributed by atoms with E-state index < -0.39 is 0 Å². The van der Waals surface area contributed by atoms with E-state index in [2.05, 4.69) is 181 Å². The number of imidazole rings is 2. The minimum atomic E-state index is 0.961. The van der Waals surface area contributed by atoms with Gasteiger partial charge in [-0.15, -0.1) is 0 Å². The van der Waals surface area contributed by atoms with Gasteiger partial charge in [0.2, 0.25) is 0 Å². The molecule has 0 aliphatic rings. The number of para-hydroxylation sites is 4. The van der Waals surface area contributed by atoms with Crippen molar-refractivity contribution in [3.05, 3.63) is 169 Å². The van der Waals surface area contributed by atoms with E-state index in [1.165, 1.54) is 54.6 Å². The van der Waals surface area contributed by atoms with E-state index in [0.29, 0.717) is 0 Å². The van der Waals surface area contributed by atoms with Gasteiger partial charge in [0.05, 0.1) is 33.4 Å². The van der Waals surface area contributed by atoms with Crippen LogP contribution in [0.2, 0.25) is 0 Å². The third-order valence-corrected chi connectivity index (χ3v) is 10.2. The molecule has 0 radical (unpaired) electrons. The van der Waals surface area contributed by atoms with E-state index in [9.17, 15) is 0 Å². The summed E-state index contributed by atoms with van der Waals surface area (Å²) in [5.41, 5.74) is 11.3. The van der Waals surface area contributed by atoms with Gasteiger partial charge in [-0.25, -0.2) is 9.97 Å². The van der Waals surface area contributed by atoms with Crippen LogP contribution in [0.1, 0.15) is 11.6 Å². The van der Waals surface area contributed by atoms with Crippen LogP contribution in [0, 0.1) is 13.8 Å². The third kappa shape index (κ3) is 4.25. The summed E-state index contributed by atoms with van der Waals surface area (Å²) >= 11 is 0. The lowest BCUT2D eigenvalue weighted by molar-refractivity contribution is 1.01. The second-order valence-electron chi connectivity index (χ2n) is 13.1. The largest absolute Gasteiger partial charge is 0.296 e. The maximum atomic E-state index is 4.97. The van der Waals surface area contributed by atoms with E-state index >= 15 is 0 Å². The molecule has 10 aromatic rings. The Morgan fingerprint density at radius 2 is 0.960 bits per heavy atom. The van der Waals surface area contributed by atoms with Gasteiger partial charge in [-0.05, 0) is 106 Å². The highest BCUT2D eigenvalue weighted by Crippen LogP contribution is 2.44. The highest BCUT2D eigenvalue weighted by Gasteiger charge is 2.20. The number of hydrogen-bond donors (Lipinski definition) is 0. The molecule has 2 aromatic heterocycles. The molecule has 4 heteroatoms. The summed E-state index contributed by atoms with van der Waals surface area (Å²) in [4.78, 5) is 9.95. The first-order valence-corrected chi connectivity index (χ1v) is 17.1. The van der Waals surface area contributed by atoms with Crippen LogP contribution < -0.4 is 0 Å². The number of nitrogens with zero attached hydrogens (tertiary/aromatic N) is 4. The average molecular weight is 641 g/mol. The maximum absolute atomic E-state index is 4.97. The molecule has 0 saturated heterocycles. The summed E-state index contributed by atoms with van der Waals surface area (Å²) in [7, 11) is 0. The fourth-order valence-corrected chi connectivity index (χ4v) is 8.02. The smallest absolute Gasteiger partial charge is 0.111 e. The lowest BCUT2D eigenvalue weighted by Crippen LogP contribution is -2.01. The zero-order valence-electron chi connectivity index (χ0n) is 27.8. The van der Waals surface area contributed by atoms with E-state index in [1.54, 1.807) is 0 Å². The van der Waals surface area contributed by atoms with Crippen molar-refractivity contribution in [3.63, 3.8) is 0 Å². The Balaban J connectivity index is 1.37.